The zero-order valence-electron chi connectivity index (χ0n) is 8.54. The van der Waals surface area contributed by atoms with Gasteiger partial charge in [0.1, 0.15) is 5.72 Å². The lowest BCUT2D eigenvalue weighted by atomic mass is 10.1. The first-order valence-electron chi connectivity index (χ1n) is 4.54. The number of nitrogens with zero attached hydrogens (tertiary/aromatic N) is 1. The lowest BCUT2D eigenvalue weighted by Gasteiger charge is -2.32. The minimum absolute atomic E-state index is 0.0642. The van der Waals surface area contributed by atoms with E-state index < -0.39 is 5.72 Å². The molecule has 0 N–H and O–H groups in total. The second-order valence-electron chi connectivity index (χ2n) is 3.82. The molecule has 3 nitrogen and oxygen atoms in total. The Bertz CT molecular complexity index is 223. The third-order valence-electron chi connectivity index (χ3n) is 2.35. The standard InChI is InChI=1S/C10H17NO2/c1-5-6-9-7-13-10(3,4)11(9)8(2)12/h5,9H,1,6-7H2,2-4H3/t9-/m0/s1. The van der Waals surface area contributed by atoms with Gasteiger partial charge in [-0.15, -0.1) is 6.58 Å². The number of carbonyl (C=O) groups excluding carboxylic acids is 1. The summed E-state index contributed by atoms with van der Waals surface area (Å²) in [7, 11) is 0. The Kier molecular flexibility index (Phi) is 2.76. The Morgan fingerprint density at radius 1 is 1.77 bits per heavy atom. The highest BCUT2D eigenvalue weighted by Gasteiger charge is 2.41. The summed E-state index contributed by atoms with van der Waals surface area (Å²) in [6, 6.07) is 0.157. The van der Waals surface area contributed by atoms with Crippen molar-refractivity contribution >= 4 is 5.91 Å². The number of hydrogen-bond acceptors (Lipinski definition) is 2. The average Bonchev–Trinajstić information content (AvgIpc) is 2.26. The summed E-state index contributed by atoms with van der Waals surface area (Å²) in [6.07, 6.45) is 2.62. The molecule has 1 heterocycles. The molecule has 0 spiro atoms. The molecular weight excluding hydrogens is 166 g/mol. The van der Waals surface area contributed by atoms with Crippen molar-refractivity contribution in [1.82, 2.24) is 4.90 Å². The quantitative estimate of drug-likeness (QED) is 0.608. The van der Waals surface area contributed by atoms with Crippen LogP contribution in [0.5, 0.6) is 0 Å². The van der Waals surface area contributed by atoms with Gasteiger partial charge in [-0.05, 0) is 20.3 Å². The Hall–Kier alpha value is -0.830. The van der Waals surface area contributed by atoms with Crippen LogP contribution < -0.4 is 0 Å². The lowest BCUT2D eigenvalue weighted by molar-refractivity contribution is -0.143. The molecule has 74 valence electrons. The van der Waals surface area contributed by atoms with E-state index in [1.165, 1.54) is 0 Å². The summed E-state index contributed by atoms with van der Waals surface area (Å²) in [5.74, 6) is 0.0642. The van der Waals surface area contributed by atoms with Crippen molar-refractivity contribution in [2.24, 2.45) is 0 Å². The fourth-order valence-corrected chi connectivity index (χ4v) is 1.89. The second-order valence-corrected chi connectivity index (χ2v) is 3.82. The number of carbonyl (C=O) groups is 1. The molecule has 1 saturated heterocycles. The maximum absolute atomic E-state index is 11.4. The van der Waals surface area contributed by atoms with E-state index >= 15 is 0 Å². The molecule has 3 heteroatoms. The monoisotopic (exact) mass is 183 g/mol. The van der Waals surface area contributed by atoms with Crippen molar-refractivity contribution < 1.29 is 9.53 Å². The van der Waals surface area contributed by atoms with E-state index in [0.29, 0.717) is 6.61 Å². The minimum atomic E-state index is -0.459. The van der Waals surface area contributed by atoms with Crippen LogP contribution in [0.4, 0.5) is 0 Å². The van der Waals surface area contributed by atoms with Crippen molar-refractivity contribution in [2.75, 3.05) is 6.61 Å². The fraction of sp³-hybridized carbons (Fsp3) is 0.700. The normalized spacial score (nSPS) is 26.1. The zero-order chi connectivity index (χ0) is 10.1. The highest BCUT2D eigenvalue weighted by Crippen LogP contribution is 2.28. The second kappa shape index (κ2) is 3.50. The molecule has 0 aliphatic carbocycles. The number of rotatable bonds is 2. The Balaban J connectivity index is 2.79. The molecule has 0 aromatic rings. The number of amides is 1. The Labute approximate surface area is 79.4 Å². The van der Waals surface area contributed by atoms with Gasteiger partial charge in [0.15, 0.2) is 0 Å². The fourth-order valence-electron chi connectivity index (χ4n) is 1.89. The molecule has 0 bridgehead atoms. The van der Waals surface area contributed by atoms with Gasteiger partial charge in [-0.25, -0.2) is 0 Å². The lowest BCUT2D eigenvalue weighted by Crippen LogP contribution is -2.46. The van der Waals surface area contributed by atoms with Gasteiger partial charge in [0, 0.05) is 6.92 Å². The first-order chi connectivity index (χ1) is 5.99. The highest BCUT2D eigenvalue weighted by molar-refractivity contribution is 5.74. The van der Waals surface area contributed by atoms with Gasteiger partial charge in [-0.3, -0.25) is 4.79 Å². The molecule has 1 amide bonds. The molecule has 0 unspecified atom stereocenters. The molecule has 0 saturated carbocycles. The van der Waals surface area contributed by atoms with Gasteiger partial charge in [-0.2, -0.15) is 0 Å². The molecule has 1 aliphatic heterocycles. The van der Waals surface area contributed by atoms with E-state index in [0.717, 1.165) is 6.42 Å². The molecule has 1 atom stereocenters. The van der Waals surface area contributed by atoms with Gasteiger partial charge in [0.2, 0.25) is 5.91 Å². The number of ether oxygens (including phenoxy) is 1. The van der Waals surface area contributed by atoms with Gasteiger partial charge in [-0.1, -0.05) is 6.08 Å². The third-order valence-corrected chi connectivity index (χ3v) is 2.35. The van der Waals surface area contributed by atoms with Crippen molar-refractivity contribution in [2.45, 2.75) is 39.0 Å². The van der Waals surface area contributed by atoms with Crippen LogP contribution >= 0.6 is 0 Å². The van der Waals surface area contributed by atoms with Gasteiger partial charge >= 0.3 is 0 Å². The molecule has 13 heavy (non-hydrogen) atoms. The van der Waals surface area contributed by atoms with Crippen LogP contribution in [0, 0.1) is 0 Å². The maximum Gasteiger partial charge on any atom is 0.222 e. The first-order valence-corrected chi connectivity index (χ1v) is 4.54. The highest BCUT2D eigenvalue weighted by atomic mass is 16.5. The predicted octanol–water partition coefficient (Wildman–Crippen LogP) is 1.55. The van der Waals surface area contributed by atoms with Crippen LogP contribution in [0.3, 0.4) is 0 Å². The molecular formula is C10H17NO2. The molecule has 0 aromatic carbocycles. The summed E-state index contributed by atoms with van der Waals surface area (Å²) >= 11 is 0. The molecule has 1 rings (SSSR count). The van der Waals surface area contributed by atoms with Crippen molar-refractivity contribution in [3.8, 4) is 0 Å². The summed E-state index contributed by atoms with van der Waals surface area (Å²) in [5, 5.41) is 0. The van der Waals surface area contributed by atoms with Crippen LogP contribution in [0.2, 0.25) is 0 Å². The van der Waals surface area contributed by atoms with E-state index in [9.17, 15) is 4.79 Å². The predicted molar refractivity (Wildman–Crippen MR) is 51.2 cm³/mol. The molecule has 1 fully saturated rings. The Morgan fingerprint density at radius 3 is 2.85 bits per heavy atom. The van der Waals surface area contributed by atoms with Crippen LogP contribution in [0.1, 0.15) is 27.2 Å². The molecule has 1 aliphatic rings. The summed E-state index contributed by atoms with van der Waals surface area (Å²) < 4.78 is 5.54. The van der Waals surface area contributed by atoms with Crippen molar-refractivity contribution in [1.29, 1.82) is 0 Å². The minimum Gasteiger partial charge on any atom is -0.354 e. The smallest absolute Gasteiger partial charge is 0.222 e. The summed E-state index contributed by atoms with van der Waals surface area (Å²) in [4.78, 5) is 13.1. The maximum atomic E-state index is 11.4. The van der Waals surface area contributed by atoms with Crippen LogP contribution in [-0.2, 0) is 9.53 Å². The van der Waals surface area contributed by atoms with Gasteiger partial charge in [0.05, 0.1) is 12.6 Å². The van der Waals surface area contributed by atoms with Gasteiger partial charge in [0.25, 0.3) is 0 Å². The first kappa shape index (κ1) is 10.3. The van der Waals surface area contributed by atoms with Crippen LogP contribution in [0.25, 0.3) is 0 Å². The van der Waals surface area contributed by atoms with E-state index in [1.807, 2.05) is 19.9 Å². The zero-order valence-corrected chi connectivity index (χ0v) is 8.54. The third kappa shape index (κ3) is 1.91. The average molecular weight is 183 g/mol. The Morgan fingerprint density at radius 2 is 2.38 bits per heavy atom. The van der Waals surface area contributed by atoms with Crippen LogP contribution in [0.15, 0.2) is 12.7 Å². The molecule has 0 aromatic heterocycles. The van der Waals surface area contributed by atoms with E-state index in [1.54, 1.807) is 11.8 Å². The van der Waals surface area contributed by atoms with E-state index in [2.05, 4.69) is 6.58 Å². The van der Waals surface area contributed by atoms with Crippen molar-refractivity contribution in [3.63, 3.8) is 0 Å². The molecule has 0 radical (unpaired) electrons. The summed E-state index contributed by atoms with van der Waals surface area (Å²) in [5.41, 5.74) is -0.459. The van der Waals surface area contributed by atoms with E-state index in [4.69, 9.17) is 4.74 Å². The van der Waals surface area contributed by atoms with Crippen molar-refractivity contribution in [3.05, 3.63) is 12.7 Å². The van der Waals surface area contributed by atoms with E-state index in [-0.39, 0.29) is 11.9 Å². The van der Waals surface area contributed by atoms with Crippen LogP contribution in [-0.4, -0.2) is 29.2 Å². The largest absolute Gasteiger partial charge is 0.354 e. The van der Waals surface area contributed by atoms with Gasteiger partial charge < -0.3 is 9.64 Å². The number of hydrogen-bond donors (Lipinski definition) is 0. The SMILES string of the molecule is C=CC[C@H]1COC(C)(C)N1C(C)=O. The topological polar surface area (TPSA) is 29.5 Å². The summed E-state index contributed by atoms with van der Waals surface area (Å²) in [6.45, 7) is 9.69.